The van der Waals surface area contributed by atoms with Crippen LogP contribution in [-0.2, 0) is 0 Å². The number of amides is 1. The number of rotatable bonds is 6. The van der Waals surface area contributed by atoms with Crippen LogP contribution in [0.15, 0.2) is 18.2 Å². The molecule has 4 rings (SSSR count). The second-order valence-electron chi connectivity index (χ2n) is 10.6. The Kier molecular flexibility index (Phi) is 6.97. The molecule has 1 saturated carbocycles. The zero-order valence-corrected chi connectivity index (χ0v) is 19.9. The van der Waals surface area contributed by atoms with Crippen molar-refractivity contribution in [1.29, 1.82) is 0 Å². The van der Waals surface area contributed by atoms with Crippen molar-refractivity contribution < 1.29 is 4.79 Å². The summed E-state index contributed by atoms with van der Waals surface area (Å²) in [6, 6.07) is 7.18. The minimum Gasteiger partial charge on any atom is -0.355 e. The summed E-state index contributed by atoms with van der Waals surface area (Å²) >= 11 is 0. The van der Waals surface area contributed by atoms with E-state index in [2.05, 4.69) is 55.6 Å². The van der Waals surface area contributed by atoms with Gasteiger partial charge in [-0.1, -0.05) is 6.07 Å². The molecule has 31 heavy (non-hydrogen) atoms. The molecule has 1 aromatic heterocycles. The maximum Gasteiger partial charge on any atom is 0.269 e. The van der Waals surface area contributed by atoms with E-state index in [0.717, 1.165) is 38.4 Å². The summed E-state index contributed by atoms with van der Waals surface area (Å²) in [7, 11) is 4.81. The molecular weight excluding hydrogens is 384 g/mol. The molecule has 0 radical (unpaired) electrons. The van der Waals surface area contributed by atoms with Crippen LogP contribution >= 0.6 is 0 Å². The Labute approximate surface area is 189 Å². The fraction of sp³-hybridized carbons (Fsp3) is 0.739. The molecule has 3 fully saturated rings. The van der Waals surface area contributed by atoms with Gasteiger partial charge in [-0.15, -0.1) is 0 Å². The van der Waals surface area contributed by atoms with Crippen molar-refractivity contribution >= 4 is 27.4 Å². The van der Waals surface area contributed by atoms with E-state index >= 15 is 0 Å². The Morgan fingerprint density at radius 1 is 1.13 bits per heavy atom. The molecule has 1 amide bonds. The number of pyridine rings is 1. The lowest BCUT2D eigenvalue weighted by Crippen LogP contribution is -2.58. The van der Waals surface area contributed by atoms with Gasteiger partial charge in [0.1, 0.15) is 27.2 Å². The molecule has 3 aliphatic rings. The van der Waals surface area contributed by atoms with Crippen LogP contribution in [0.3, 0.4) is 0 Å². The van der Waals surface area contributed by atoms with E-state index in [9.17, 15) is 4.79 Å². The Balaban J connectivity index is 1.39. The minimum absolute atomic E-state index is 0.0394. The van der Waals surface area contributed by atoms with Gasteiger partial charge in [0, 0.05) is 38.3 Å². The second kappa shape index (κ2) is 9.53. The van der Waals surface area contributed by atoms with E-state index in [0.29, 0.717) is 23.7 Å². The van der Waals surface area contributed by atoms with Crippen LogP contribution in [0.5, 0.6) is 0 Å². The molecule has 6 nitrogen and oxygen atoms in total. The van der Waals surface area contributed by atoms with Crippen LogP contribution in [0.25, 0.3) is 0 Å². The number of hydrogen-bond acceptors (Lipinski definition) is 5. The van der Waals surface area contributed by atoms with Gasteiger partial charge in [-0.3, -0.25) is 4.79 Å². The molecule has 0 bridgehead atoms. The highest BCUT2D eigenvalue weighted by Crippen LogP contribution is 2.29. The molecule has 8 heteroatoms. The second-order valence-corrected chi connectivity index (χ2v) is 10.6. The summed E-state index contributed by atoms with van der Waals surface area (Å²) in [6.45, 7) is 10.8. The van der Waals surface area contributed by atoms with Crippen molar-refractivity contribution in [2.75, 3.05) is 44.2 Å². The third-order valence-corrected chi connectivity index (χ3v) is 7.59. The van der Waals surface area contributed by atoms with Crippen molar-refractivity contribution in [1.82, 2.24) is 20.1 Å². The van der Waals surface area contributed by atoms with E-state index in [1.807, 2.05) is 12.1 Å². The summed E-state index contributed by atoms with van der Waals surface area (Å²) in [6.07, 6.45) is 6.11. The van der Waals surface area contributed by atoms with E-state index in [1.165, 1.54) is 38.8 Å². The molecule has 2 saturated heterocycles. The molecule has 0 spiro atoms. The van der Waals surface area contributed by atoms with Crippen LogP contribution in [0, 0.1) is 5.92 Å². The van der Waals surface area contributed by atoms with E-state index in [1.54, 1.807) is 0 Å². The van der Waals surface area contributed by atoms with Crippen LogP contribution < -0.4 is 10.2 Å². The quantitative estimate of drug-likeness (QED) is 0.677. The third kappa shape index (κ3) is 5.64. The zero-order valence-electron chi connectivity index (χ0n) is 19.9. The highest BCUT2D eigenvalue weighted by molar-refractivity contribution is 6.40. The van der Waals surface area contributed by atoms with Crippen molar-refractivity contribution in [3.8, 4) is 0 Å². The van der Waals surface area contributed by atoms with Crippen LogP contribution in [-0.4, -0.2) is 93.1 Å². The lowest BCUT2D eigenvalue weighted by Gasteiger charge is -2.46. The van der Waals surface area contributed by atoms with Crippen molar-refractivity contribution in [2.24, 2.45) is 5.92 Å². The van der Waals surface area contributed by atoms with Crippen LogP contribution in [0.2, 0.25) is 0 Å². The van der Waals surface area contributed by atoms with Gasteiger partial charge in [-0.05, 0) is 82.4 Å². The molecule has 0 unspecified atom stereocenters. The average molecular weight is 423 g/mol. The number of hydrogen-bond donors (Lipinski definition) is 1. The lowest BCUT2D eigenvalue weighted by atomic mass is 9.58. The maximum absolute atomic E-state index is 12.5. The third-order valence-electron chi connectivity index (χ3n) is 7.59. The lowest BCUT2D eigenvalue weighted by molar-refractivity contribution is 0.0767. The number of carbonyl (C=O) groups is 1. The molecule has 0 aromatic carbocycles. The van der Waals surface area contributed by atoms with Gasteiger partial charge in [0.15, 0.2) is 0 Å². The first kappa shape index (κ1) is 22.7. The maximum atomic E-state index is 12.5. The predicted molar refractivity (Wildman–Crippen MR) is 132 cm³/mol. The average Bonchev–Trinajstić information content (AvgIpc) is 3.60. The topological polar surface area (TPSA) is 51.7 Å². The Morgan fingerprint density at radius 2 is 1.87 bits per heavy atom. The number of carbonyl (C=O) groups excluding carboxylic acids is 1. The number of likely N-dealkylation sites (tertiary alicyclic amines) is 1. The number of aromatic nitrogens is 1. The summed E-state index contributed by atoms with van der Waals surface area (Å²) < 4.78 is 0. The van der Waals surface area contributed by atoms with Gasteiger partial charge in [-0.25, -0.2) is 4.98 Å². The van der Waals surface area contributed by atoms with Crippen molar-refractivity contribution in [3.63, 3.8) is 0 Å². The van der Waals surface area contributed by atoms with Gasteiger partial charge in [-0.2, -0.15) is 0 Å². The molecule has 0 atom stereocenters. The monoisotopic (exact) mass is 423 g/mol. The fourth-order valence-electron chi connectivity index (χ4n) is 5.19. The van der Waals surface area contributed by atoms with Gasteiger partial charge >= 0.3 is 0 Å². The first-order chi connectivity index (χ1) is 14.8. The number of anilines is 1. The Hall–Kier alpha value is -1.53. The highest BCUT2D eigenvalue weighted by Gasteiger charge is 2.37. The number of nitrogens with zero attached hydrogens (tertiary/aromatic N) is 4. The van der Waals surface area contributed by atoms with E-state index < -0.39 is 0 Å². The van der Waals surface area contributed by atoms with E-state index in [4.69, 9.17) is 4.98 Å². The highest BCUT2D eigenvalue weighted by atomic mass is 16.1. The van der Waals surface area contributed by atoms with Gasteiger partial charge in [0.2, 0.25) is 0 Å². The summed E-state index contributed by atoms with van der Waals surface area (Å²) in [4.78, 5) is 25.0. The molecular formula is C23H39B2N5O. The van der Waals surface area contributed by atoms with Crippen LogP contribution in [0.4, 0.5) is 5.82 Å². The molecule has 168 valence electrons. The smallest absolute Gasteiger partial charge is 0.269 e. The molecule has 3 heterocycles. The Bertz CT molecular complexity index is 762. The van der Waals surface area contributed by atoms with Gasteiger partial charge in [0.25, 0.3) is 5.91 Å². The Morgan fingerprint density at radius 3 is 2.55 bits per heavy atom. The summed E-state index contributed by atoms with van der Waals surface area (Å²) in [5.74, 6) is 1.58. The number of nitrogens with one attached hydrogen (secondary N) is 1. The van der Waals surface area contributed by atoms with Crippen molar-refractivity contribution in [2.45, 2.75) is 63.4 Å². The SMILES string of the molecule is BC1(B)CCN(c2cccc(C(=O)NCC3CC3)n2)CCN1C1CCN(C(C)C)CC1. The first-order valence-electron chi connectivity index (χ1n) is 12.3. The molecule has 1 aromatic rings. The standard InChI is InChI=1S/C23H39B2N5O/c1-17(2)28-11-8-19(9-12-28)30-15-14-29(13-10-23(30,24)25)21-5-3-4-20(27-21)22(31)26-16-18-6-7-18/h3-5,17-19H,6-16,24-25H2,1-2H3,(H,26,31). The molecule has 1 N–H and O–H groups in total. The molecule has 1 aliphatic carbocycles. The van der Waals surface area contributed by atoms with Crippen LogP contribution in [0.1, 0.15) is 56.4 Å². The first-order valence-corrected chi connectivity index (χ1v) is 12.3. The fourth-order valence-corrected chi connectivity index (χ4v) is 5.19. The summed E-state index contributed by atoms with van der Waals surface area (Å²) in [5, 5.41) is 3.23. The minimum atomic E-state index is -0.0394. The van der Waals surface area contributed by atoms with Gasteiger partial charge < -0.3 is 20.0 Å². The van der Waals surface area contributed by atoms with E-state index in [-0.39, 0.29) is 11.2 Å². The van der Waals surface area contributed by atoms with Gasteiger partial charge in [0.05, 0.1) is 0 Å². The predicted octanol–water partition coefficient (Wildman–Crippen LogP) is 0.526. The molecule has 2 aliphatic heterocycles. The van der Waals surface area contributed by atoms with Crippen molar-refractivity contribution in [3.05, 3.63) is 23.9 Å². The largest absolute Gasteiger partial charge is 0.355 e. The summed E-state index contributed by atoms with van der Waals surface area (Å²) in [5.41, 5.74) is 0.541. The normalized spacial score (nSPS) is 23.6. The zero-order chi connectivity index (χ0) is 22.0. The number of piperidine rings is 1.